The highest BCUT2D eigenvalue weighted by molar-refractivity contribution is 5.80. The van der Waals surface area contributed by atoms with Gasteiger partial charge in [0, 0.05) is 12.6 Å². The van der Waals surface area contributed by atoms with Crippen LogP contribution in [0.1, 0.15) is 39.0 Å². The third-order valence-electron chi connectivity index (χ3n) is 3.96. The topological polar surface area (TPSA) is 69.6 Å². The zero-order valence-corrected chi connectivity index (χ0v) is 10.9. The molecule has 2 N–H and O–H groups in total. The summed E-state index contributed by atoms with van der Waals surface area (Å²) in [7, 11) is 0. The molecule has 0 saturated heterocycles. The van der Waals surface area contributed by atoms with Gasteiger partial charge in [-0.1, -0.05) is 13.3 Å². The van der Waals surface area contributed by atoms with E-state index in [0.717, 1.165) is 32.1 Å². The van der Waals surface area contributed by atoms with E-state index in [-0.39, 0.29) is 18.6 Å². The Balaban J connectivity index is 1.87. The van der Waals surface area contributed by atoms with E-state index in [2.05, 4.69) is 12.2 Å². The summed E-state index contributed by atoms with van der Waals surface area (Å²) in [5, 5.41) is 11.8. The van der Waals surface area contributed by atoms with Crippen molar-refractivity contribution in [3.05, 3.63) is 0 Å². The summed E-state index contributed by atoms with van der Waals surface area (Å²) in [4.78, 5) is 24.3. The zero-order chi connectivity index (χ0) is 13.1. The number of urea groups is 1. The molecule has 2 rings (SSSR count). The maximum atomic E-state index is 12.1. The SMILES string of the molecule is CC1CCCC1NC(=O)N(CC(=O)O)CC1CC1. The average molecular weight is 254 g/mol. The summed E-state index contributed by atoms with van der Waals surface area (Å²) < 4.78 is 0. The van der Waals surface area contributed by atoms with Crippen LogP contribution in [0.3, 0.4) is 0 Å². The molecule has 5 nitrogen and oxygen atoms in total. The first-order valence-electron chi connectivity index (χ1n) is 6.83. The van der Waals surface area contributed by atoms with Crippen molar-refractivity contribution in [2.45, 2.75) is 45.1 Å². The van der Waals surface area contributed by atoms with E-state index in [1.807, 2.05) is 0 Å². The van der Waals surface area contributed by atoms with E-state index in [4.69, 9.17) is 5.11 Å². The van der Waals surface area contributed by atoms with E-state index in [1.54, 1.807) is 0 Å². The van der Waals surface area contributed by atoms with Crippen LogP contribution in [0.15, 0.2) is 0 Å². The highest BCUT2D eigenvalue weighted by Crippen LogP contribution is 2.30. The van der Waals surface area contributed by atoms with Gasteiger partial charge in [-0.25, -0.2) is 4.79 Å². The molecule has 5 heteroatoms. The van der Waals surface area contributed by atoms with Crippen LogP contribution in [0.2, 0.25) is 0 Å². The molecule has 2 fully saturated rings. The van der Waals surface area contributed by atoms with Crippen molar-refractivity contribution in [1.82, 2.24) is 10.2 Å². The molecule has 0 heterocycles. The van der Waals surface area contributed by atoms with Crippen molar-refractivity contribution in [3.8, 4) is 0 Å². The summed E-state index contributed by atoms with van der Waals surface area (Å²) in [5.41, 5.74) is 0. The lowest BCUT2D eigenvalue weighted by Gasteiger charge is -2.25. The molecule has 0 radical (unpaired) electrons. The molecule has 2 amide bonds. The predicted molar refractivity (Wildman–Crippen MR) is 67.3 cm³/mol. The van der Waals surface area contributed by atoms with E-state index in [0.29, 0.717) is 18.4 Å². The number of carbonyl (C=O) groups excluding carboxylic acids is 1. The smallest absolute Gasteiger partial charge is 0.323 e. The van der Waals surface area contributed by atoms with Crippen LogP contribution in [0, 0.1) is 11.8 Å². The molecular formula is C13H22N2O3. The number of nitrogens with one attached hydrogen (secondary N) is 1. The Labute approximate surface area is 108 Å². The quantitative estimate of drug-likeness (QED) is 0.784. The first-order valence-corrected chi connectivity index (χ1v) is 6.83. The highest BCUT2D eigenvalue weighted by atomic mass is 16.4. The van der Waals surface area contributed by atoms with Gasteiger partial charge in [-0.2, -0.15) is 0 Å². The Morgan fingerprint density at radius 1 is 1.28 bits per heavy atom. The lowest BCUT2D eigenvalue weighted by atomic mass is 10.1. The Hall–Kier alpha value is -1.26. The van der Waals surface area contributed by atoms with Gasteiger partial charge in [-0.3, -0.25) is 4.79 Å². The fraction of sp³-hybridized carbons (Fsp3) is 0.846. The van der Waals surface area contributed by atoms with E-state index < -0.39 is 5.97 Å². The molecule has 2 aliphatic rings. The lowest BCUT2D eigenvalue weighted by Crippen LogP contribution is -2.48. The fourth-order valence-electron chi connectivity index (χ4n) is 2.60. The number of carbonyl (C=O) groups is 2. The van der Waals surface area contributed by atoms with Gasteiger partial charge in [0.2, 0.25) is 0 Å². The number of amides is 2. The van der Waals surface area contributed by atoms with Gasteiger partial charge in [0.15, 0.2) is 0 Å². The molecule has 2 unspecified atom stereocenters. The normalized spacial score (nSPS) is 26.9. The molecule has 0 bridgehead atoms. The molecule has 0 aliphatic heterocycles. The molecule has 2 atom stereocenters. The monoisotopic (exact) mass is 254 g/mol. The fourth-order valence-corrected chi connectivity index (χ4v) is 2.60. The van der Waals surface area contributed by atoms with Crippen molar-refractivity contribution in [1.29, 1.82) is 0 Å². The minimum absolute atomic E-state index is 0.191. The molecule has 0 aromatic rings. The van der Waals surface area contributed by atoms with Gasteiger partial charge in [0.05, 0.1) is 0 Å². The van der Waals surface area contributed by atoms with Crippen LogP contribution >= 0.6 is 0 Å². The van der Waals surface area contributed by atoms with Crippen LogP contribution in [-0.2, 0) is 4.79 Å². The van der Waals surface area contributed by atoms with Gasteiger partial charge < -0.3 is 15.3 Å². The molecule has 0 spiro atoms. The Morgan fingerprint density at radius 3 is 2.50 bits per heavy atom. The average Bonchev–Trinajstić information content (AvgIpc) is 3.02. The summed E-state index contributed by atoms with van der Waals surface area (Å²) in [6.07, 6.45) is 5.53. The van der Waals surface area contributed by atoms with Crippen molar-refractivity contribution >= 4 is 12.0 Å². The third kappa shape index (κ3) is 3.62. The summed E-state index contributed by atoms with van der Waals surface area (Å²) in [5.74, 6) is 0.0722. The first kappa shape index (κ1) is 13.2. The predicted octanol–water partition coefficient (Wildman–Crippen LogP) is 1.68. The molecular weight excluding hydrogens is 232 g/mol. The van der Waals surface area contributed by atoms with Crippen LogP contribution < -0.4 is 5.32 Å². The number of hydrogen-bond donors (Lipinski definition) is 2. The van der Waals surface area contributed by atoms with Gasteiger partial charge >= 0.3 is 12.0 Å². The summed E-state index contributed by atoms with van der Waals surface area (Å²) in [6.45, 7) is 2.53. The van der Waals surface area contributed by atoms with Crippen LogP contribution in [0.4, 0.5) is 4.79 Å². The van der Waals surface area contributed by atoms with Crippen molar-refractivity contribution in [2.24, 2.45) is 11.8 Å². The Kier molecular flexibility index (Phi) is 4.09. The van der Waals surface area contributed by atoms with Gasteiger partial charge in [0.1, 0.15) is 6.54 Å². The van der Waals surface area contributed by atoms with Gasteiger partial charge in [0.25, 0.3) is 0 Å². The number of nitrogens with zero attached hydrogens (tertiary/aromatic N) is 1. The Morgan fingerprint density at radius 2 is 2.00 bits per heavy atom. The molecule has 0 aromatic carbocycles. The van der Waals surface area contributed by atoms with E-state index in [1.165, 1.54) is 4.90 Å². The molecule has 0 aromatic heterocycles. The maximum absolute atomic E-state index is 12.1. The second kappa shape index (κ2) is 5.59. The van der Waals surface area contributed by atoms with Crippen LogP contribution in [0.25, 0.3) is 0 Å². The second-order valence-electron chi connectivity index (χ2n) is 5.68. The maximum Gasteiger partial charge on any atom is 0.323 e. The minimum atomic E-state index is -0.940. The van der Waals surface area contributed by atoms with Crippen molar-refractivity contribution < 1.29 is 14.7 Å². The van der Waals surface area contributed by atoms with Crippen LogP contribution in [-0.4, -0.2) is 41.1 Å². The molecule has 2 aliphatic carbocycles. The van der Waals surface area contributed by atoms with Crippen molar-refractivity contribution in [3.63, 3.8) is 0 Å². The van der Waals surface area contributed by atoms with Crippen LogP contribution in [0.5, 0.6) is 0 Å². The first-order chi connectivity index (χ1) is 8.56. The van der Waals surface area contributed by atoms with Crippen molar-refractivity contribution in [2.75, 3.05) is 13.1 Å². The summed E-state index contributed by atoms with van der Waals surface area (Å²) >= 11 is 0. The van der Waals surface area contributed by atoms with E-state index in [9.17, 15) is 9.59 Å². The standard InChI is InChI=1S/C13H22N2O3/c1-9-3-2-4-11(9)14-13(18)15(8-12(16)17)7-10-5-6-10/h9-11H,2-8H2,1H3,(H,14,18)(H,16,17). The van der Waals surface area contributed by atoms with E-state index >= 15 is 0 Å². The molecule has 18 heavy (non-hydrogen) atoms. The number of hydrogen-bond acceptors (Lipinski definition) is 2. The molecule has 102 valence electrons. The zero-order valence-electron chi connectivity index (χ0n) is 10.9. The largest absolute Gasteiger partial charge is 0.480 e. The minimum Gasteiger partial charge on any atom is -0.480 e. The number of carboxylic acid groups (broad SMARTS) is 1. The summed E-state index contributed by atoms with van der Waals surface area (Å²) in [6, 6.07) is 0.0102. The van der Waals surface area contributed by atoms with Gasteiger partial charge in [-0.15, -0.1) is 0 Å². The Bertz CT molecular complexity index is 328. The lowest BCUT2D eigenvalue weighted by molar-refractivity contribution is -0.137. The van der Waals surface area contributed by atoms with Gasteiger partial charge in [-0.05, 0) is 37.5 Å². The second-order valence-corrected chi connectivity index (χ2v) is 5.68. The molecule has 2 saturated carbocycles. The number of rotatable bonds is 5. The third-order valence-corrected chi connectivity index (χ3v) is 3.96. The number of aliphatic carboxylic acids is 1. The highest BCUT2D eigenvalue weighted by Gasteiger charge is 2.31. The number of carboxylic acids is 1.